The van der Waals surface area contributed by atoms with Crippen LogP contribution >= 0.6 is 0 Å². The Kier molecular flexibility index (Phi) is 14.8. The fourth-order valence-electron chi connectivity index (χ4n) is 6.13. The van der Waals surface area contributed by atoms with Gasteiger partial charge in [0.05, 0.1) is 12.6 Å². The van der Waals surface area contributed by atoms with Gasteiger partial charge in [-0.3, -0.25) is 14.9 Å². The third-order valence-corrected chi connectivity index (χ3v) is 9.42. The van der Waals surface area contributed by atoms with Crippen LogP contribution < -0.4 is 15.4 Å². The Morgan fingerprint density at radius 2 is 1.35 bits per heavy atom. The molecule has 0 saturated carbocycles. The molecule has 5 N–H and O–H groups in total. The molecular weight excluding hydrogens is 681 g/mol. The smallest absolute Gasteiger partial charge is 0.323 e. The lowest BCUT2D eigenvalue weighted by molar-refractivity contribution is -0.144. The fourth-order valence-corrected chi connectivity index (χ4v) is 6.13. The molecule has 10 heteroatoms. The first kappa shape index (κ1) is 39.8. The van der Waals surface area contributed by atoms with E-state index >= 15 is 0 Å². The summed E-state index contributed by atoms with van der Waals surface area (Å²) in [6, 6.07) is 28.4. The number of rotatable bonds is 20. The van der Waals surface area contributed by atoms with Crippen molar-refractivity contribution in [3.05, 3.63) is 138 Å². The van der Waals surface area contributed by atoms with Crippen LogP contribution in [0.15, 0.2) is 116 Å². The van der Waals surface area contributed by atoms with Crippen LogP contribution in [0.1, 0.15) is 79.1 Å². The predicted molar refractivity (Wildman–Crippen MR) is 210 cm³/mol. The van der Waals surface area contributed by atoms with E-state index in [9.17, 15) is 24.9 Å². The Bertz CT molecular complexity index is 1890. The molecule has 1 amide bonds. The van der Waals surface area contributed by atoms with E-state index in [2.05, 4.69) is 27.5 Å². The summed E-state index contributed by atoms with van der Waals surface area (Å²) in [7, 11) is 0. The van der Waals surface area contributed by atoms with Crippen molar-refractivity contribution in [2.45, 2.75) is 83.2 Å². The molecule has 0 aliphatic carbocycles. The zero-order valence-corrected chi connectivity index (χ0v) is 30.9. The van der Waals surface area contributed by atoms with Crippen LogP contribution in [0.3, 0.4) is 0 Å². The lowest BCUT2D eigenvalue weighted by Crippen LogP contribution is -2.56. The highest BCUT2D eigenvalue weighted by Crippen LogP contribution is 2.24. The van der Waals surface area contributed by atoms with Crippen LogP contribution in [0.5, 0.6) is 5.75 Å². The molecule has 0 bridgehead atoms. The lowest BCUT2D eigenvalue weighted by atomic mass is 9.99. The van der Waals surface area contributed by atoms with Crippen molar-refractivity contribution in [2.24, 2.45) is 0 Å². The number of carbonyl (C=O) groups is 2. The molecule has 4 atom stereocenters. The highest BCUT2D eigenvalue weighted by atomic mass is 16.5. The van der Waals surface area contributed by atoms with Crippen LogP contribution in [0.2, 0.25) is 0 Å². The first-order valence-corrected chi connectivity index (χ1v) is 18.7. The average Bonchev–Trinajstić information content (AvgIpc) is 3.21. The molecule has 5 aromatic rings. The van der Waals surface area contributed by atoms with Crippen molar-refractivity contribution >= 4 is 11.9 Å². The number of carboxylic acids is 1. The van der Waals surface area contributed by atoms with Gasteiger partial charge in [-0.15, -0.1) is 0 Å². The van der Waals surface area contributed by atoms with E-state index < -0.39 is 36.3 Å². The maximum atomic E-state index is 13.4. The Labute approximate surface area is 317 Å². The standard InChI is InChI=1S/C44H50N4O6/c1-3-5-6-7-11-26-54-37-24-22-32(23-25-37)36-28-45-41(46-29-36)34-18-16-31(17-19-34)27-38(47-42(50)35-20-14-30(4-2)15-21-35)43(51)48-39(44(52)53)40(49)33-12-9-8-10-13-33/h8-10,12-25,28-29,38-40,43,48-49,51H,3-7,11,26-27H2,1-2H3,(H,47,50)(H,52,53)/t38-,39?,40?,43?/m0/s1. The number of nitrogens with one attached hydrogen (secondary N) is 2. The number of aliphatic carboxylic acids is 1. The molecule has 10 nitrogen and oxygen atoms in total. The summed E-state index contributed by atoms with van der Waals surface area (Å²) in [5.74, 6) is -0.400. The number of unbranched alkanes of at least 4 members (excludes halogenated alkanes) is 4. The molecule has 1 aromatic heterocycles. The number of ether oxygens (including phenoxy) is 1. The third kappa shape index (κ3) is 11.3. The molecule has 5 rings (SSSR count). The van der Waals surface area contributed by atoms with Gasteiger partial charge in [-0.25, -0.2) is 9.97 Å². The van der Waals surface area contributed by atoms with Gasteiger partial charge in [-0.1, -0.05) is 118 Å². The van der Waals surface area contributed by atoms with Crippen molar-refractivity contribution < 1.29 is 29.6 Å². The average molecular weight is 731 g/mol. The van der Waals surface area contributed by atoms with E-state index in [0.717, 1.165) is 46.4 Å². The number of nitrogens with zero attached hydrogens (tertiary/aromatic N) is 2. The van der Waals surface area contributed by atoms with Gasteiger partial charge in [0.2, 0.25) is 0 Å². The van der Waals surface area contributed by atoms with Crippen molar-refractivity contribution in [1.29, 1.82) is 0 Å². The Hall–Kier alpha value is -5.42. The number of amides is 1. The Balaban J connectivity index is 1.26. The number of carbonyl (C=O) groups excluding carboxylic acids is 1. The number of aromatic nitrogens is 2. The van der Waals surface area contributed by atoms with E-state index in [4.69, 9.17) is 4.74 Å². The number of hydrogen-bond donors (Lipinski definition) is 5. The molecule has 0 aliphatic heterocycles. The van der Waals surface area contributed by atoms with E-state index in [0.29, 0.717) is 23.6 Å². The summed E-state index contributed by atoms with van der Waals surface area (Å²) in [6.07, 6.45) is 7.52. The maximum absolute atomic E-state index is 13.4. The van der Waals surface area contributed by atoms with Crippen molar-refractivity contribution in [1.82, 2.24) is 20.6 Å². The number of aliphatic hydroxyl groups is 2. The second-order valence-corrected chi connectivity index (χ2v) is 13.4. The van der Waals surface area contributed by atoms with Gasteiger partial charge in [-0.2, -0.15) is 0 Å². The second kappa shape index (κ2) is 20.1. The molecule has 0 fully saturated rings. The first-order chi connectivity index (χ1) is 26.2. The molecule has 54 heavy (non-hydrogen) atoms. The van der Waals surface area contributed by atoms with E-state index in [1.165, 1.54) is 25.7 Å². The van der Waals surface area contributed by atoms with Crippen molar-refractivity contribution in [3.63, 3.8) is 0 Å². The van der Waals surface area contributed by atoms with E-state index in [-0.39, 0.29) is 6.42 Å². The third-order valence-electron chi connectivity index (χ3n) is 9.42. The number of aryl methyl sites for hydroxylation is 1. The van der Waals surface area contributed by atoms with Gasteiger partial charge in [0.1, 0.15) is 24.1 Å². The van der Waals surface area contributed by atoms with Crippen LogP contribution in [-0.2, 0) is 17.6 Å². The van der Waals surface area contributed by atoms with Crippen LogP contribution in [0, 0.1) is 0 Å². The summed E-state index contributed by atoms with van der Waals surface area (Å²) in [5, 5.41) is 37.8. The zero-order chi connectivity index (χ0) is 38.3. The minimum atomic E-state index is -1.55. The molecule has 4 aromatic carbocycles. The molecule has 0 aliphatic rings. The lowest BCUT2D eigenvalue weighted by Gasteiger charge is -2.29. The number of benzene rings is 4. The Morgan fingerprint density at radius 1 is 0.722 bits per heavy atom. The van der Waals surface area contributed by atoms with Crippen LogP contribution in [0.4, 0.5) is 0 Å². The highest BCUT2D eigenvalue weighted by Gasteiger charge is 2.33. The van der Waals surface area contributed by atoms with E-state index in [1.807, 2.05) is 67.6 Å². The highest BCUT2D eigenvalue weighted by molar-refractivity contribution is 5.94. The molecule has 0 saturated heterocycles. The predicted octanol–water partition coefficient (Wildman–Crippen LogP) is 7.16. The topological polar surface area (TPSA) is 154 Å². The summed E-state index contributed by atoms with van der Waals surface area (Å²) in [6.45, 7) is 4.94. The summed E-state index contributed by atoms with van der Waals surface area (Å²) >= 11 is 0. The van der Waals surface area contributed by atoms with E-state index in [1.54, 1.807) is 54.9 Å². The molecule has 3 unspecified atom stereocenters. The van der Waals surface area contributed by atoms with Gasteiger partial charge < -0.3 is 25.4 Å². The quantitative estimate of drug-likeness (QED) is 0.0415. The number of carboxylic acid groups (broad SMARTS) is 1. The summed E-state index contributed by atoms with van der Waals surface area (Å²) in [5.41, 5.74) is 5.25. The molecular formula is C44H50N4O6. The van der Waals surface area contributed by atoms with Crippen LogP contribution in [0.25, 0.3) is 22.5 Å². The molecule has 0 spiro atoms. The summed E-state index contributed by atoms with van der Waals surface area (Å²) in [4.78, 5) is 34.8. The van der Waals surface area contributed by atoms with Gasteiger partial charge in [0.25, 0.3) is 5.91 Å². The molecule has 1 heterocycles. The van der Waals surface area contributed by atoms with Gasteiger partial charge in [-0.05, 0) is 65.8 Å². The van der Waals surface area contributed by atoms with Crippen molar-refractivity contribution in [3.8, 4) is 28.3 Å². The minimum Gasteiger partial charge on any atom is -0.494 e. The van der Waals surface area contributed by atoms with Gasteiger partial charge in [0, 0.05) is 29.1 Å². The van der Waals surface area contributed by atoms with Gasteiger partial charge >= 0.3 is 5.97 Å². The van der Waals surface area contributed by atoms with Gasteiger partial charge in [0.15, 0.2) is 5.82 Å². The maximum Gasteiger partial charge on any atom is 0.323 e. The number of aliphatic hydroxyl groups excluding tert-OH is 2. The van der Waals surface area contributed by atoms with Crippen molar-refractivity contribution in [2.75, 3.05) is 6.61 Å². The number of hydrogen-bond acceptors (Lipinski definition) is 8. The second-order valence-electron chi connectivity index (χ2n) is 13.4. The zero-order valence-electron chi connectivity index (χ0n) is 30.9. The minimum absolute atomic E-state index is 0.152. The van der Waals surface area contributed by atoms with Crippen LogP contribution in [-0.4, -0.2) is 62.1 Å². The molecule has 0 radical (unpaired) electrons. The largest absolute Gasteiger partial charge is 0.494 e. The fraction of sp³-hybridized carbons (Fsp3) is 0.318. The Morgan fingerprint density at radius 3 is 1.98 bits per heavy atom. The first-order valence-electron chi connectivity index (χ1n) is 18.7. The monoisotopic (exact) mass is 730 g/mol. The normalized spacial score (nSPS) is 13.4. The SMILES string of the molecule is CCCCCCCOc1ccc(-c2cnc(-c3ccc(C[C@H](NC(=O)c4ccc(CC)cc4)C(O)NC(C(=O)O)C(O)c4ccccc4)cc3)nc2)cc1. The summed E-state index contributed by atoms with van der Waals surface area (Å²) < 4.78 is 5.90. The molecule has 282 valence electrons.